The maximum absolute atomic E-state index is 4.70. The van der Waals surface area contributed by atoms with Gasteiger partial charge in [-0.3, -0.25) is 0 Å². The van der Waals surface area contributed by atoms with Gasteiger partial charge in [-0.1, -0.05) is 13.8 Å². The van der Waals surface area contributed by atoms with Crippen LogP contribution in [0, 0.1) is 11.8 Å². The van der Waals surface area contributed by atoms with E-state index in [9.17, 15) is 0 Å². The molecule has 2 fully saturated rings. The van der Waals surface area contributed by atoms with Gasteiger partial charge in [0.05, 0.1) is 0 Å². The summed E-state index contributed by atoms with van der Waals surface area (Å²) in [6.07, 6.45) is 3.56. The van der Waals surface area contributed by atoms with Crippen LogP contribution in [0.25, 0.3) is 0 Å². The van der Waals surface area contributed by atoms with E-state index in [1.165, 1.54) is 0 Å². The molecule has 2 aliphatic heterocycles. The predicted octanol–water partition coefficient (Wildman–Crippen LogP) is 2.03. The molecule has 0 amide bonds. The molecule has 0 saturated carbocycles. The van der Waals surface area contributed by atoms with Gasteiger partial charge in [0.1, 0.15) is 18.0 Å². The Morgan fingerprint density at radius 1 is 0.962 bits per heavy atom. The van der Waals surface area contributed by atoms with Crippen LogP contribution in [0.4, 0.5) is 17.6 Å². The van der Waals surface area contributed by atoms with Crippen molar-refractivity contribution < 1.29 is 0 Å². The molecule has 0 aromatic carbocycles. The van der Waals surface area contributed by atoms with Gasteiger partial charge in [-0.25, -0.2) is 15.0 Å². The van der Waals surface area contributed by atoms with E-state index in [-0.39, 0.29) is 0 Å². The molecule has 2 atom stereocenters. The molecule has 4 heterocycles. The maximum atomic E-state index is 4.70. The summed E-state index contributed by atoms with van der Waals surface area (Å²) in [5, 5.41) is 0. The Morgan fingerprint density at radius 3 is 2.23 bits per heavy atom. The standard InChI is InChI=1S/C19H27N7/c1-13(2)16-7-18(22-12-21-16)26-10-14-8-25(9-15(14)11-26)17-5-6-20-19(23-17)24(3)4/h5-7,12-15H,8-11H2,1-4H3. The van der Waals surface area contributed by atoms with Crippen molar-refractivity contribution in [2.75, 3.05) is 55.0 Å². The normalized spacial score (nSPS) is 22.2. The molecule has 7 nitrogen and oxygen atoms in total. The van der Waals surface area contributed by atoms with E-state index in [0.29, 0.717) is 17.8 Å². The van der Waals surface area contributed by atoms with Crippen molar-refractivity contribution in [2.45, 2.75) is 19.8 Å². The van der Waals surface area contributed by atoms with Crippen LogP contribution in [0.2, 0.25) is 0 Å². The first kappa shape index (κ1) is 17.0. The molecule has 2 unspecified atom stereocenters. The quantitative estimate of drug-likeness (QED) is 0.833. The average molecular weight is 353 g/mol. The summed E-state index contributed by atoms with van der Waals surface area (Å²) in [5.74, 6) is 4.62. The van der Waals surface area contributed by atoms with Crippen molar-refractivity contribution in [2.24, 2.45) is 11.8 Å². The lowest BCUT2D eigenvalue weighted by Crippen LogP contribution is -2.30. The lowest BCUT2D eigenvalue weighted by atomic mass is 10.0. The van der Waals surface area contributed by atoms with Crippen molar-refractivity contribution >= 4 is 17.6 Å². The zero-order chi connectivity index (χ0) is 18.3. The summed E-state index contributed by atoms with van der Waals surface area (Å²) in [6, 6.07) is 4.17. The lowest BCUT2D eigenvalue weighted by Gasteiger charge is -2.24. The number of rotatable bonds is 4. The summed E-state index contributed by atoms with van der Waals surface area (Å²) in [6.45, 7) is 8.56. The van der Waals surface area contributed by atoms with Gasteiger partial charge in [0, 0.05) is 70.1 Å². The van der Waals surface area contributed by atoms with Crippen molar-refractivity contribution in [3.05, 3.63) is 30.4 Å². The monoisotopic (exact) mass is 353 g/mol. The second-order valence-corrected chi connectivity index (χ2v) is 7.90. The first-order chi connectivity index (χ1) is 12.5. The van der Waals surface area contributed by atoms with Crippen molar-refractivity contribution in [3.63, 3.8) is 0 Å². The summed E-state index contributed by atoms with van der Waals surface area (Å²) in [4.78, 5) is 24.7. The molecule has 2 aliphatic rings. The summed E-state index contributed by atoms with van der Waals surface area (Å²) < 4.78 is 0. The smallest absolute Gasteiger partial charge is 0.226 e. The SMILES string of the molecule is CC(C)c1cc(N2CC3CN(c4ccnc(N(C)C)n4)CC3C2)ncn1. The number of aromatic nitrogens is 4. The third-order valence-electron chi connectivity index (χ3n) is 5.43. The van der Waals surface area contributed by atoms with Crippen molar-refractivity contribution in [3.8, 4) is 0 Å². The molecule has 26 heavy (non-hydrogen) atoms. The number of fused-ring (bicyclic) bond motifs is 1. The number of hydrogen-bond acceptors (Lipinski definition) is 7. The van der Waals surface area contributed by atoms with Gasteiger partial charge >= 0.3 is 0 Å². The van der Waals surface area contributed by atoms with Gasteiger partial charge in [-0.2, -0.15) is 4.98 Å². The highest BCUT2D eigenvalue weighted by atomic mass is 15.3. The van der Waals surface area contributed by atoms with Crippen LogP contribution in [-0.2, 0) is 0 Å². The number of nitrogens with zero attached hydrogens (tertiary/aromatic N) is 7. The molecule has 0 bridgehead atoms. The molecule has 0 radical (unpaired) electrons. The van der Waals surface area contributed by atoms with Gasteiger partial charge in [0.25, 0.3) is 0 Å². The van der Waals surface area contributed by atoms with Crippen LogP contribution in [0.15, 0.2) is 24.7 Å². The Bertz CT molecular complexity index is 698. The Kier molecular flexibility index (Phi) is 4.38. The Morgan fingerprint density at radius 2 is 1.62 bits per heavy atom. The van der Waals surface area contributed by atoms with Crippen LogP contribution in [-0.4, -0.2) is 60.2 Å². The Hall–Kier alpha value is -2.44. The van der Waals surface area contributed by atoms with Crippen molar-refractivity contribution in [1.82, 2.24) is 19.9 Å². The third kappa shape index (κ3) is 3.18. The maximum Gasteiger partial charge on any atom is 0.226 e. The molecular formula is C19H27N7. The van der Waals surface area contributed by atoms with Crippen LogP contribution in [0.1, 0.15) is 25.5 Å². The molecule has 0 N–H and O–H groups in total. The fourth-order valence-corrected chi connectivity index (χ4v) is 3.95. The molecular weight excluding hydrogens is 326 g/mol. The predicted molar refractivity (Wildman–Crippen MR) is 104 cm³/mol. The van der Waals surface area contributed by atoms with Crippen LogP contribution in [0.5, 0.6) is 0 Å². The second-order valence-electron chi connectivity index (χ2n) is 7.90. The highest BCUT2D eigenvalue weighted by Crippen LogP contribution is 2.35. The topological polar surface area (TPSA) is 61.3 Å². The summed E-state index contributed by atoms with van der Waals surface area (Å²) in [5.41, 5.74) is 1.12. The van der Waals surface area contributed by atoms with Crippen LogP contribution >= 0.6 is 0 Å². The van der Waals surface area contributed by atoms with Crippen LogP contribution < -0.4 is 14.7 Å². The Labute approximate surface area is 155 Å². The number of anilines is 3. The zero-order valence-electron chi connectivity index (χ0n) is 16.0. The van der Waals surface area contributed by atoms with E-state index in [4.69, 9.17) is 4.98 Å². The minimum absolute atomic E-state index is 0.429. The molecule has 2 saturated heterocycles. The van der Waals surface area contributed by atoms with E-state index in [0.717, 1.165) is 49.5 Å². The van der Waals surface area contributed by atoms with Crippen LogP contribution in [0.3, 0.4) is 0 Å². The molecule has 0 aliphatic carbocycles. The van der Waals surface area contributed by atoms with E-state index >= 15 is 0 Å². The highest BCUT2D eigenvalue weighted by molar-refractivity contribution is 5.47. The Balaban J connectivity index is 1.44. The average Bonchev–Trinajstić information content (AvgIpc) is 3.21. The zero-order valence-corrected chi connectivity index (χ0v) is 16.0. The molecule has 0 spiro atoms. The molecule has 138 valence electrons. The molecule has 4 rings (SSSR count). The van der Waals surface area contributed by atoms with Gasteiger partial charge in [0.2, 0.25) is 5.95 Å². The van der Waals surface area contributed by atoms with Crippen molar-refractivity contribution in [1.29, 1.82) is 0 Å². The van der Waals surface area contributed by atoms with Gasteiger partial charge in [0.15, 0.2) is 0 Å². The third-order valence-corrected chi connectivity index (χ3v) is 5.43. The minimum Gasteiger partial charge on any atom is -0.356 e. The molecule has 7 heteroatoms. The van der Waals surface area contributed by atoms with E-state index in [1.54, 1.807) is 6.33 Å². The first-order valence-electron chi connectivity index (χ1n) is 9.33. The molecule has 2 aromatic heterocycles. The van der Waals surface area contributed by atoms with E-state index in [2.05, 4.69) is 44.7 Å². The van der Waals surface area contributed by atoms with E-state index < -0.39 is 0 Å². The summed E-state index contributed by atoms with van der Waals surface area (Å²) in [7, 11) is 3.95. The summed E-state index contributed by atoms with van der Waals surface area (Å²) >= 11 is 0. The van der Waals surface area contributed by atoms with Gasteiger partial charge in [-0.15, -0.1) is 0 Å². The largest absolute Gasteiger partial charge is 0.356 e. The lowest BCUT2D eigenvalue weighted by molar-refractivity contribution is 0.533. The number of hydrogen-bond donors (Lipinski definition) is 0. The van der Waals surface area contributed by atoms with E-state index in [1.807, 2.05) is 31.3 Å². The van der Waals surface area contributed by atoms with Gasteiger partial charge < -0.3 is 14.7 Å². The van der Waals surface area contributed by atoms with Gasteiger partial charge in [-0.05, 0) is 12.0 Å². The second kappa shape index (κ2) is 6.70. The fraction of sp³-hybridized carbons (Fsp3) is 0.579. The molecule has 2 aromatic rings. The fourth-order valence-electron chi connectivity index (χ4n) is 3.95. The minimum atomic E-state index is 0.429. The highest BCUT2D eigenvalue weighted by Gasteiger charge is 2.41. The first-order valence-corrected chi connectivity index (χ1v) is 9.33.